The summed E-state index contributed by atoms with van der Waals surface area (Å²) in [6.45, 7) is 0. The number of anilines is 1. The van der Waals surface area contributed by atoms with E-state index in [-0.39, 0.29) is 17.4 Å². The summed E-state index contributed by atoms with van der Waals surface area (Å²) in [5, 5.41) is 6.35. The van der Waals surface area contributed by atoms with Crippen LogP contribution in [-0.2, 0) is 15.1 Å². The summed E-state index contributed by atoms with van der Waals surface area (Å²) in [5.74, 6) is -0.152. The second-order valence-electron chi connectivity index (χ2n) is 7.22. The largest absolute Gasteiger partial charge is 0.450 e. The Morgan fingerprint density at radius 1 is 1.13 bits per heavy atom. The smallest absolute Gasteiger partial charge is 0.339 e. The van der Waals surface area contributed by atoms with Crippen LogP contribution in [0.2, 0.25) is 0 Å². The van der Waals surface area contributed by atoms with Gasteiger partial charge in [0.15, 0.2) is 5.82 Å². The zero-order valence-corrected chi connectivity index (χ0v) is 16.3. The Balaban J connectivity index is 0.000000145. The van der Waals surface area contributed by atoms with E-state index < -0.39 is 0 Å². The average molecular weight is 408 g/mol. The van der Waals surface area contributed by atoms with Gasteiger partial charge in [0.1, 0.15) is 17.1 Å². The fourth-order valence-electron chi connectivity index (χ4n) is 3.95. The fourth-order valence-corrected chi connectivity index (χ4v) is 3.95. The van der Waals surface area contributed by atoms with Gasteiger partial charge >= 0.3 is 5.97 Å². The summed E-state index contributed by atoms with van der Waals surface area (Å²) < 4.78 is 20.3. The Kier molecular flexibility index (Phi) is 5.56. The monoisotopic (exact) mass is 408 g/mol. The Labute approximate surface area is 172 Å². The number of esters is 1. The molecule has 0 bridgehead atoms. The van der Waals surface area contributed by atoms with Gasteiger partial charge in [0.2, 0.25) is 6.41 Å². The lowest BCUT2D eigenvalue weighted by atomic mass is 9.80. The van der Waals surface area contributed by atoms with Crippen molar-refractivity contribution in [2.45, 2.75) is 37.7 Å². The van der Waals surface area contributed by atoms with Gasteiger partial charge in [-0.15, -0.1) is 5.10 Å². The molecular formula is C22H21FN4O3. The Hall–Kier alpha value is -3.55. The molecule has 0 unspecified atom stereocenters. The number of hydrogen-bond acceptors (Lipinski definition) is 5. The fraction of sp³-hybridized carbons (Fsp3) is 0.273. The van der Waals surface area contributed by atoms with E-state index in [4.69, 9.17) is 4.74 Å². The minimum atomic E-state index is -0.363. The second-order valence-corrected chi connectivity index (χ2v) is 7.22. The van der Waals surface area contributed by atoms with Gasteiger partial charge in [-0.05, 0) is 43.9 Å². The van der Waals surface area contributed by atoms with Crippen LogP contribution in [0.3, 0.4) is 0 Å². The predicted octanol–water partition coefficient (Wildman–Crippen LogP) is 3.99. The molecular weight excluding hydrogens is 387 g/mol. The molecule has 0 saturated heterocycles. The number of carbonyl (C=O) groups excluding carboxylic acids is 2. The number of nitrogens with zero attached hydrogens (tertiary/aromatic N) is 3. The van der Waals surface area contributed by atoms with Gasteiger partial charge in [-0.25, -0.2) is 13.9 Å². The first kappa shape index (κ1) is 19.8. The SMILES string of the molecule is O=C1OC2(CCCCC2)c2cnccc21.O=CNc1ccn(-c2ccccc2F)n1. The normalized spacial score (nSPS) is 16.2. The van der Waals surface area contributed by atoms with E-state index in [1.54, 1.807) is 48.9 Å². The second kappa shape index (κ2) is 8.44. The van der Waals surface area contributed by atoms with Crippen LogP contribution in [0, 0.1) is 5.82 Å². The van der Waals surface area contributed by atoms with Crippen molar-refractivity contribution in [1.82, 2.24) is 14.8 Å². The molecule has 8 heteroatoms. The number of benzene rings is 1. The Bertz CT molecular complexity index is 1060. The van der Waals surface area contributed by atoms with Gasteiger partial charge in [-0.2, -0.15) is 0 Å². The highest BCUT2D eigenvalue weighted by molar-refractivity contribution is 5.94. The van der Waals surface area contributed by atoms with Crippen LogP contribution in [0.4, 0.5) is 10.2 Å². The first-order valence-corrected chi connectivity index (χ1v) is 9.81. The number of rotatable bonds is 3. The molecule has 3 aromatic rings. The highest BCUT2D eigenvalue weighted by Crippen LogP contribution is 2.46. The van der Waals surface area contributed by atoms with Crippen LogP contribution in [0.1, 0.15) is 48.0 Å². The molecule has 30 heavy (non-hydrogen) atoms. The molecule has 154 valence electrons. The molecule has 1 aliphatic carbocycles. The summed E-state index contributed by atoms with van der Waals surface area (Å²) in [5.41, 5.74) is 1.73. The van der Waals surface area contributed by atoms with Gasteiger partial charge in [-0.1, -0.05) is 18.6 Å². The van der Waals surface area contributed by atoms with Crippen LogP contribution >= 0.6 is 0 Å². The molecule has 1 fully saturated rings. The molecule has 1 amide bonds. The first-order valence-electron chi connectivity index (χ1n) is 9.81. The van der Waals surface area contributed by atoms with Gasteiger partial charge in [0, 0.05) is 30.2 Å². The lowest BCUT2D eigenvalue weighted by Crippen LogP contribution is -2.28. The molecule has 2 aliphatic rings. The third kappa shape index (κ3) is 3.80. The highest BCUT2D eigenvalue weighted by atomic mass is 19.1. The van der Waals surface area contributed by atoms with Crippen LogP contribution in [0.15, 0.2) is 55.0 Å². The maximum absolute atomic E-state index is 13.3. The van der Waals surface area contributed by atoms with E-state index in [0.29, 0.717) is 23.5 Å². The van der Waals surface area contributed by atoms with Crippen molar-refractivity contribution in [2.75, 3.05) is 5.32 Å². The molecule has 7 nitrogen and oxygen atoms in total. The lowest BCUT2D eigenvalue weighted by molar-refractivity contribution is -0.105. The number of fused-ring (bicyclic) bond motifs is 2. The number of ether oxygens (including phenoxy) is 1. The van der Waals surface area contributed by atoms with Crippen molar-refractivity contribution >= 4 is 18.2 Å². The summed E-state index contributed by atoms with van der Waals surface area (Å²) in [4.78, 5) is 25.9. The summed E-state index contributed by atoms with van der Waals surface area (Å²) >= 11 is 0. The summed E-state index contributed by atoms with van der Waals surface area (Å²) in [6, 6.07) is 9.62. The predicted molar refractivity (Wildman–Crippen MR) is 108 cm³/mol. The number of halogens is 1. The quantitative estimate of drug-likeness (QED) is 0.523. The highest BCUT2D eigenvalue weighted by Gasteiger charge is 2.45. The van der Waals surface area contributed by atoms with E-state index in [1.807, 2.05) is 0 Å². The maximum Gasteiger partial charge on any atom is 0.339 e. The van der Waals surface area contributed by atoms with E-state index in [2.05, 4.69) is 15.4 Å². The van der Waals surface area contributed by atoms with E-state index >= 15 is 0 Å². The van der Waals surface area contributed by atoms with Gasteiger partial charge in [-0.3, -0.25) is 9.78 Å². The van der Waals surface area contributed by atoms with Crippen molar-refractivity contribution < 1.29 is 18.7 Å². The summed E-state index contributed by atoms with van der Waals surface area (Å²) in [6.07, 6.45) is 11.0. The van der Waals surface area contributed by atoms with Crippen LogP contribution < -0.4 is 5.32 Å². The van der Waals surface area contributed by atoms with Gasteiger partial charge < -0.3 is 10.1 Å². The molecule has 1 aliphatic heterocycles. The zero-order valence-electron chi connectivity index (χ0n) is 16.3. The molecule has 1 aromatic carbocycles. The van der Waals surface area contributed by atoms with Crippen molar-refractivity contribution in [3.63, 3.8) is 0 Å². The van der Waals surface area contributed by atoms with Crippen molar-refractivity contribution in [2.24, 2.45) is 0 Å². The van der Waals surface area contributed by atoms with E-state index in [0.717, 1.165) is 31.2 Å². The number of para-hydroxylation sites is 1. The average Bonchev–Trinajstić information content (AvgIpc) is 3.33. The van der Waals surface area contributed by atoms with Gasteiger partial charge in [0.25, 0.3) is 0 Å². The number of hydrogen-bond donors (Lipinski definition) is 1. The number of pyridine rings is 1. The van der Waals surface area contributed by atoms with Gasteiger partial charge in [0.05, 0.1) is 5.56 Å². The van der Waals surface area contributed by atoms with Crippen molar-refractivity contribution in [3.05, 3.63) is 71.9 Å². The molecule has 1 saturated carbocycles. The third-order valence-corrected chi connectivity index (χ3v) is 5.38. The lowest BCUT2D eigenvalue weighted by Gasteiger charge is -2.32. The molecule has 3 heterocycles. The number of carbonyl (C=O) groups is 2. The number of aromatic nitrogens is 3. The number of nitrogens with one attached hydrogen (secondary N) is 1. The van der Waals surface area contributed by atoms with Crippen LogP contribution in [-0.4, -0.2) is 27.1 Å². The van der Waals surface area contributed by atoms with Crippen molar-refractivity contribution in [3.8, 4) is 5.69 Å². The molecule has 2 aromatic heterocycles. The molecule has 5 rings (SSSR count). The third-order valence-electron chi connectivity index (χ3n) is 5.38. The standard InChI is InChI=1S/C12H13NO2.C10H8FN3O/c14-11-9-4-7-13-8-10(9)12(15-11)5-2-1-3-6-12;11-8-3-1-2-4-9(8)14-6-5-10(13-14)12-7-15/h4,7-8H,1-3,5-6H2;1-7H,(H,12,13,15). The first-order chi connectivity index (χ1) is 14.6. The molecule has 0 atom stereocenters. The molecule has 0 radical (unpaired) electrons. The summed E-state index contributed by atoms with van der Waals surface area (Å²) in [7, 11) is 0. The van der Waals surface area contributed by atoms with Crippen molar-refractivity contribution in [1.29, 1.82) is 0 Å². The molecule has 1 spiro atoms. The number of amides is 1. The van der Waals surface area contributed by atoms with Crippen LogP contribution in [0.5, 0.6) is 0 Å². The topological polar surface area (TPSA) is 86.1 Å². The van der Waals surface area contributed by atoms with E-state index in [1.165, 1.54) is 17.2 Å². The maximum atomic E-state index is 13.3. The van der Waals surface area contributed by atoms with Crippen LogP contribution in [0.25, 0.3) is 5.69 Å². The molecule has 1 N–H and O–H groups in total. The minimum absolute atomic E-state index is 0.172. The van der Waals surface area contributed by atoms with E-state index in [9.17, 15) is 14.0 Å². The minimum Gasteiger partial charge on any atom is -0.450 e. The Morgan fingerprint density at radius 2 is 1.93 bits per heavy atom. The Morgan fingerprint density at radius 3 is 2.70 bits per heavy atom. The zero-order chi connectivity index (χ0) is 21.0.